The predicted molar refractivity (Wildman–Crippen MR) is 125 cm³/mol. The van der Waals surface area contributed by atoms with Gasteiger partial charge in [0.1, 0.15) is 5.82 Å². The van der Waals surface area contributed by atoms with Gasteiger partial charge in [0.05, 0.1) is 18.5 Å². The molecule has 2 aliphatic heterocycles. The summed E-state index contributed by atoms with van der Waals surface area (Å²) in [5, 5.41) is 0. The molecule has 0 aliphatic carbocycles. The van der Waals surface area contributed by atoms with Crippen LogP contribution in [0.5, 0.6) is 0 Å². The first-order valence-corrected chi connectivity index (χ1v) is 11.1. The molecule has 1 aromatic heterocycles. The Balaban J connectivity index is 1.56. The van der Waals surface area contributed by atoms with Crippen LogP contribution >= 0.6 is 0 Å². The van der Waals surface area contributed by atoms with E-state index in [0.717, 1.165) is 16.8 Å². The maximum atomic E-state index is 12.9. The fourth-order valence-electron chi connectivity index (χ4n) is 4.40. The van der Waals surface area contributed by atoms with Crippen LogP contribution in [0.25, 0.3) is 0 Å². The third kappa shape index (κ3) is 4.24. The van der Waals surface area contributed by atoms with Crippen molar-refractivity contribution in [3.05, 3.63) is 59.3 Å². The zero-order valence-corrected chi connectivity index (χ0v) is 19.2. The van der Waals surface area contributed by atoms with E-state index < -0.39 is 5.54 Å². The Bertz CT molecular complexity index is 1070. The molecule has 168 valence electrons. The maximum Gasteiger partial charge on any atom is 0.232 e. The zero-order valence-electron chi connectivity index (χ0n) is 19.2. The van der Waals surface area contributed by atoms with E-state index in [1.54, 1.807) is 4.90 Å². The van der Waals surface area contributed by atoms with E-state index in [0.29, 0.717) is 31.7 Å². The van der Waals surface area contributed by atoms with Gasteiger partial charge in [-0.2, -0.15) is 0 Å². The van der Waals surface area contributed by atoms with Crippen molar-refractivity contribution >= 4 is 23.6 Å². The third-order valence-electron chi connectivity index (χ3n) is 6.71. The topological polar surface area (TPSA) is 91.9 Å². The van der Waals surface area contributed by atoms with Crippen LogP contribution in [-0.2, 0) is 16.1 Å². The summed E-state index contributed by atoms with van der Waals surface area (Å²) < 4.78 is 0. The summed E-state index contributed by atoms with van der Waals surface area (Å²) in [6, 6.07) is 13.9. The molecule has 32 heavy (non-hydrogen) atoms. The lowest BCUT2D eigenvalue weighted by atomic mass is 9.84. The number of hydrogen-bond acceptors (Lipinski definition) is 5. The molecule has 0 radical (unpaired) electrons. The van der Waals surface area contributed by atoms with Gasteiger partial charge in [-0.1, -0.05) is 44.2 Å². The standard InChI is InChI=1S/C25H31N5O2/c1-16(2)25(4)13-23(32)30(24(26)28-25)14-18-10-17(3)27-21(11-18)29-15-20(12-22(29)31)19-8-6-5-7-9-19/h5-11,16,20H,12-15H2,1-4H3,(H2,26,28)/t20-,25-/m0/s1. The molecule has 0 spiro atoms. The van der Waals surface area contributed by atoms with Gasteiger partial charge in [-0.3, -0.25) is 19.4 Å². The molecule has 2 aromatic rings. The number of aryl methyl sites for hydroxylation is 1. The highest BCUT2D eigenvalue weighted by Crippen LogP contribution is 2.33. The van der Waals surface area contributed by atoms with Crippen LogP contribution in [-0.4, -0.2) is 39.7 Å². The summed E-state index contributed by atoms with van der Waals surface area (Å²) in [5.41, 5.74) is 8.56. The molecule has 3 heterocycles. The highest BCUT2D eigenvalue weighted by atomic mass is 16.2. The number of nitrogens with zero attached hydrogens (tertiary/aromatic N) is 4. The Kier molecular flexibility index (Phi) is 5.75. The maximum absolute atomic E-state index is 12.9. The summed E-state index contributed by atoms with van der Waals surface area (Å²) in [7, 11) is 0. The van der Waals surface area contributed by atoms with Gasteiger partial charge in [-0.25, -0.2) is 9.98 Å². The molecular weight excluding hydrogens is 402 g/mol. The number of anilines is 1. The number of aliphatic imine (C=N–C) groups is 1. The van der Waals surface area contributed by atoms with Gasteiger partial charge in [0.25, 0.3) is 0 Å². The van der Waals surface area contributed by atoms with Crippen LogP contribution in [0.1, 0.15) is 56.4 Å². The number of rotatable bonds is 5. The molecule has 2 atom stereocenters. The Hall–Kier alpha value is -3.22. The SMILES string of the molecule is Cc1cc(CN2C(=O)C[C@@](C)(C(C)C)N=C2N)cc(N2C[C@@H](c3ccccc3)CC2=O)n1. The highest BCUT2D eigenvalue weighted by molar-refractivity contribution is 5.99. The molecule has 2 amide bonds. The highest BCUT2D eigenvalue weighted by Gasteiger charge is 2.38. The number of carbonyl (C=O) groups excluding carboxylic acids is 2. The Labute approximate surface area is 189 Å². The number of guanidine groups is 1. The number of pyridine rings is 1. The molecule has 2 aliphatic rings. The summed E-state index contributed by atoms with van der Waals surface area (Å²) in [5.74, 6) is 1.25. The lowest BCUT2D eigenvalue weighted by molar-refractivity contribution is -0.130. The van der Waals surface area contributed by atoms with Gasteiger partial charge in [0.15, 0.2) is 5.96 Å². The molecule has 4 rings (SSSR count). The lowest BCUT2D eigenvalue weighted by Gasteiger charge is -2.37. The largest absolute Gasteiger partial charge is 0.369 e. The van der Waals surface area contributed by atoms with Crippen LogP contribution in [0.15, 0.2) is 47.5 Å². The first-order chi connectivity index (χ1) is 15.2. The summed E-state index contributed by atoms with van der Waals surface area (Å²) in [6.45, 7) is 8.87. The van der Waals surface area contributed by atoms with Crippen molar-refractivity contribution in [1.29, 1.82) is 0 Å². The number of benzene rings is 1. The van der Waals surface area contributed by atoms with Gasteiger partial charge in [-0.15, -0.1) is 0 Å². The predicted octanol–water partition coefficient (Wildman–Crippen LogP) is 3.37. The number of hydrogen-bond donors (Lipinski definition) is 1. The second kappa shape index (κ2) is 8.37. The van der Waals surface area contributed by atoms with E-state index in [4.69, 9.17) is 5.73 Å². The van der Waals surface area contributed by atoms with Crippen LogP contribution < -0.4 is 10.6 Å². The molecule has 0 saturated carbocycles. The van der Waals surface area contributed by atoms with Gasteiger partial charge in [-0.05, 0) is 43.0 Å². The molecule has 7 nitrogen and oxygen atoms in total. The van der Waals surface area contributed by atoms with Crippen LogP contribution in [0, 0.1) is 12.8 Å². The van der Waals surface area contributed by atoms with Crippen LogP contribution in [0.4, 0.5) is 5.82 Å². The van der Waals surface area contributed by atoms with E-state index in [-0.39, 0.29) is 29.6 Å². The van der Waals surface area contributed by atoms with Gasteiger partial charge >= 0.3 is 0 Å². The molecule has 2 N–H and O–H groups in total. The average molecular weight is 434 g/mol. The summed E-state index contributed by atoms with van der Waals surface area (Å²) in [4.78, 5) is 38.2. The Morgan fingerprint density at radius 3 is 2.53 bits per heavy atom. The quantitative estimate of drug-likeness (QED) is 0.783. The average Bonchev–Trinajstić information content (AvgIpc) is 3.13. The minimum absolute atomic E-state index is 0.0360. The Morgan fingerprint density at radius 1 is 1.16 bits per heavy atom. The molecule has 0 bridgehead atoms. The molecule has 7 heteroatoms. The first kappa shape index (κ1) is 22.0. The second-order valence-corrected chi connectivity index (χ2v) is 9.43. The summed E-state index contributed by atoms with van der Waals surface area (Å²) >= 11 is 0. The monoisotopic (exact) mass is 433 g/mol. The fourth-order valence-corrected chi connectivity index (χ4v) is 4.40. The minimum Gasteiger partial charge on any atom is -0.369 e. The van der Waals surface area contributed by atoms with Gasteiger partial charge in [0, 0.05) is 24.6 Å². The van der Waals surface area contributed by atoms with E-state index in [1.165, 1.54) is 4.90 Å². The normalized spacial score (nSPS) is 23.8. The van der Waals surface area contributed by atoms with Crippen molar-refractivity contribution in [2.45, 2.75) is 58.5 Å². The van der Waals surface area contributed by atoms with Gasteiger partial charge < -0.3 is 5.73 Å². The van der Waals surface area contributed by atoms with E-state index in [2.05, 4.69) is 22.1 Å². The zero-order chi connectivity index (χ0) is 23.0. The third-order valence-corrected chi connectivity index (χ3v) is 6.71. The van der Waals surface area contributed by atoms with Crippen molar-refractivity contribution in [3.63, 3.8) is 0 Å². The van der Waals surface area contributed by atoms with E-state index >= 15 is 0 Å². The van der Waals surface area contributed by atoms with Crippen LogP contribution in [0.3, 0.4) is 0 Å². The van der Waals surface area contributed by atoms with Crippen molar-refractivity contribution < 1.29 is 9.59 Å². The number of amides is 2. The fraction of sp³-hybridized carbons (Fsp3) is 0.440. The molecule has 0 unspecified atom stereocenters. The second-order valence-electron chi connectivity index (χ2n) is 9.43. The summed E-state index contributed by atoms with van der Waals surface area (Å²) in [6.07, 6.45) is 0.790. The Morgan fingerprint density at radius 2 is 1.88 bits per heavy atom. The van der Waals surface area contributed by atoms with Crippen LogP contribution in [0.2, 0.25) is 0 Å². The van der Waals surface area contributed by atoms with Crippen molar-refractivity contribution in [2.24, 2.45) is 16.6 Å². The van der Waals surface area contributed by atoms with Crippen molar-refractivity contribution in [3.8, 4) is 0 Å². The smallest absolute Gasteiger partial charge is 0.232 e. The van der Waals surface area contributed by atoms with E-state index in [1.807, 2.05) is 58.0 Å². The molecular formula is C25H31N5O2. The lowest BCUT2D eigenvalue weighted by Crippen LogP contribution is -2.51. The van der Waals surface area contributed by atoms with Crippen molar-refractivity contribution in [2.75, 3.05) is 11.4 Å². The van der Waals surface area contributed by atoms with Crippen molar-refractivity contribution in [1.82, 2.24) is 9.88 Å². The molecule has 1 fully saturated rings. The van der Waals surface area contributed by atoms with E-state index in [9.17, 15) is 9.59 Å². The molecule has 1 saturated heterocycles. The first-order valence-electron chi connectivity index (χ1n) is 11.1. The molecule has 1 aromatic carbocycles. The number of carbonyl (C=O) groups is 2. The number of nitrogens with two attached hydrogens (primary N) is 1. The number of aromatic nitrogens is 1. The minimum atomic E-state index is -0.481. The van der Waals surface area contributed by atoms with Gasteiger partial charge in [0.2, 0.25) is 11.8 Å².